The van der Waals surface area contributed by atoms with Crippen LogP contribution in [0, 0.1) is 11.6 Å². The maximum atomic E-state index is 5.95. The number of hydrogen-bond acceptors (Lipinski definition) is 3. The zero-order valence-electron chi connectivity index (χ0n) is 11.9. The standard InChI is InChI=1S/C17H16N2OS/c1-11-5-7-12(8-6-11)14-10-13-16(20-14)18-15-4-2-3-9-19(15)17(13)21/h5-8,10H,2-4,9H2,1H3. The molecule has 4 rings (SSSR count). The van der Waals surface area contributed by atoms with Gasteiger partial charge in [0.1, 0.15) is 16.2 Å². The minimum atomic E-state index is 0.670. The van der Waals surface area contributed by atoms with Crippen molar-refractivity contribution in [3.05, 3.63) is 46.4 Å². The van der Waals surface area contributed by atoms with Crippen LogP contribution in [0.5, 0.6) is 0 Å². The summed E-state index contributed by atoms with van der Waals surface area (Å²) >= 11 is 5.63. The fourth-order valence-electron chi connectivity index (χ4n) is 2.89. The Morgan fingerprint density at radius 1 is 1.19 bits per heavy atom. The second kappa shape index (κ2) is 4.81. The lowest BCUT2D eigenvalue weighted by atomic mass is 10.1. The Morgan fingerprint density at radius 3 is 2.81 bits per heavy atom. The molecular formula is C17H16N2OS. The van der Waals surface area contributed by atoms with E-state index in [1.165, 1.54) is 18.4 Å². The third-order valence-electron chi connectivity index (χ3n) is 4.10. The fraction of sp³-hybridized carbons (Fsp3) is 0.294. The van der Waals surface area contributed by atoms with Crippen LogP contribution in [0.15, 0.2) is 34.7 Å². The molecule has 0 N–H and O–H groups in total. The molecule has 0 radical (unpaired) electrons. The van der Waals surface area contributed by atoms with Gasteiger partial charge in [0.2, 0.25) is 5.71 Å². The van der Waals surface area contributed by atoms with Crippen LogP contribution >= 0.6 is 12.2 Å². The highest BCUT2D eigenvalue weighted by Gasteiger charge is 2.16. The van der Waals surface area contributed by atoms with E-state index in [1.54, 1.807) is 0 Å². The van der Waals surface area contributed by atoms with Crippen molar-refractivity contribution in [3.63, 3.8) is 0 Å². The lowest BCUT2D eigenvalue weighted by molar-refractivity contribution is 0.501. The van der Waals surface area contributed by atoms with Crippen molar-refractivity contribution in [1.29, 1.82) is 0 Å². The van der Waals surface area contributed by atoms with Crippen LogP contribution < -0.4 is 0 Å². The van der Waals surface area contributed by atoms with Crippen LogP contribution in [0.2, 0.25) is 0 Å². The molecule has 3 nitrogen and oxygen atoms in total. The molecule has 1 aromatic carbocycles. The van der Waals surface area contributed by atoms with Crippen molar-refractivity contribution in [2.24, 2.45) is 0 Å². The minimum absolute atomic E-state index is 0.670. The fourth-order valence-corrected chi connectivity index (χ4v) is 3.24. The summed E-state index contributed by atoms with van der Waals surface area (Å²) < 4.78 is 8.97. The first-order valence-electron chi connectivity index (χ1n) is 7.33. The summed E-state index contributed by atoms with van der Waals surface area (Å²) in [5, 5.41) is 0.950. The Labute approximate surface area is 128 Å². The third kappa shape index (κ3) is 2.10. The number of nitrogens with zero attached hydrogens (tertiary/aromatic N) is 2. The van der Waals surface area contributed by atoms with E-state index in [0.29, 0.717) is 5.71 Å². The smallest absolute Gasteiger partial charge is 0.231 e. The third-order valence-corrected chi connectivity index (χ3v) is 4.54. The first kappa shape index (κ1) is 12.8. The molecule has 0 bridgehead atoms. The largest absolute Gasteiger partial charge is 0.438 e. The van der Waals surface area contributed by atoms with Crippen LogP contribution in [0.4, 0.5) is 0 Å². The van der Waals surface area contributed by atoms with Crippen LogP contribution in [-0.2, 0) is 13.0 Å². The van der Waals surface area contributed by atoms with Crippen LogP contribution in [0.3, 0.4) is 0 Å². The van der Waals surface area contributed by atoms with Crippen LogP contribution in [0.25, 0.3) is 22.4 Å². The van der Waals surface area contributed by atoms with Gasteiger partial charge in [0.25, 0.3) is 0 Å². The topological polar surface area (TPSA) is 31.0 Å². The molecule has 1 aliphatic heterocycles. The molecule has 106 valence electrons. The first-order valence-corrected chi connectivity index (χ1v) is 7.73. The molecule has 0 saturated carbocycles. The molecule has 0 spiro atoms. The number of rotatable bonds is 1. The van der Waals surface area contributed by atoms with Gasteiger partial charge < -0.3 is 8.98 Å². The SMILES string of the molecule is Cc1ccc(-c2cc3c(=S)n4c(nc3o2)CCCC4)cc1. The molecule has 0 aliphatic carbocycles. The number of aryl methyl sites for hydroxylation is 2. The van der Waals surface area contributed by atoms with E-state index < -0.39 is 0 Å². The highest BCUT2D eigenvalue weighted by atomic mass is 32.1. The predicted molar refractivity (Wildman–Crippen MR) is 85.9 cm³/mol. The van der Waals surface area contributed by atoms with Crippen molar-refractivity contribution in [2.45, 2.75) is 32.7 Å². The van der Waals surface area contributed by atoms with Gasteiger partial charge in [-0.3, -0.25) is 0 Å². The van der Waals surface area contributed by atoms with E-state index in [1.807, 2.05) is 6.07 Å². The average molecular weight is 296 g/mol. The molecule has 0 atom stereocenters. The number of benzene rings is 1. The molecule has 21 heavy (non-hydrogen) atoms. The van der Waals surface area contributed by atoms with Crippen molar-refractivity contribution >= 4 is 23.3 Å². The van der Waals surface area contributed by atoms with E-state index >= 15 is 0 Å². The summed E-state index contributed by atoms with van der Waals surface area (Å²) in [4.78, 5) is 4.67. The summed E-state index contributed by atoms with van der Waals surface area (Å²) in [6.07, 6.45) is 3.34. The Morgan fingerprint density at radius 2 is 2.00 bits per heavy atom. The molecule has 0 amide bonds. The number of aromatic nitrogens is 2. The van der Waals surface area contributed by atoms with Crippen molar-refractivity contribution in [2.75, 3.05) is 0 Å². The van der Waals surface area contributed by atoms with Gasteiger partial charge >= 0.3 is 0 Å². The lowest BCUT2D eigenvalue weighted by Gasteiger charge is -2.17. The summed E-state index contributed by atoms with van der Waals surface area (Å²) in [7, 11) is 0. The lowest BCUT2D eigenvalue weighted by Crippen LogP contribution is -2.15. The molecular weight excluding hydrogens is 280 g/mol. The second-order valence-corrected chi connectivity index (χ2v) is 6.02. The maximum absolute atomic E-state index is 5.95. The normalized spacial score (nSPS) is 14.3. The van der Waals surface area contributed by atoms with Gasteiger partial charge in [-0.15, -0.1) is 0 Å². The summed E-state index contributed by atoms with van der Waals surface area (Å²) in [6.45, 7) is 3.05. The minimum Gasteiger partial charge on any atom is -0.438 e. The number of furan rings is 1. The average Bonchev–Trinajstić information content (AvgIpc) is 2.92. The van der Waals surface area contributed by atoms with E-state index in [0.717, 1.165) is 40.1 Å². The summed E-state index contributed by atoms with van der Waals surface area (Å²) in [5.74, 6) is 1.90. The quantitative estimate of drug-likeness (QED) is 0.611. The molecule has 0 unspecified atom stereocenters. The molecule has 4 heteroatoms. The van der Waals surface area contributed by atoms with Crippen LogP contribution in [-0.4, -0.2) is 9.55 Å². The van der Waals surface area contributed by atoms with Crippen molar-refractivity contribution < 1.29 is 4.42 Å². The Kier molecular flexibility index (Phi) is 2.93. The first-order chi connectivity index (χ1) is 10.2. The van der Waals surface area contributed by atoms with Gasteiger partial charge in [0.15, 0.2) is 0 Å². The number of fused-ring (bicyclic) bond motifs is 2. The summed E-state index contributed by atoms with van der Waals surface area (Å²) in [5.41, 5.74) is 2.97. The Hall–Kier alpha value is -1.94. The highest BCUT2D eigenvalue weighted by molar-refractivity contribution is 7.71. The van der Waals surface area contributed by atoms with Gasteiger partial charge in [0.05, 0.1) is 5.39 Å². The number of hydrogen-bond donors (Lipinski definition) is 0. The highest BCUT2D eigenvalue weighted by Crippen LogP contribution is 2.29. The van der Waals surface area contributed by atoms with Gasteiger partial charge in [-0.25, -0.2) is 0 Å². The maximum Gasteiger partial charge on any atom is 0.231 e. The monoisotopic (exact) mass is 296 g/mol. The molecule has 3 heterocycles. The molecule has 3 aromatic rings. The van der Waals surface area contributed by atoms with Crippen LogP contribution in [0.1, 0.15) is 24.2 Å². The van der Waals surface area contributed by atoms with Gasteiger partial charge in [-0.1, -0.05) is 42.0 Å². The van der Waals surface area contributed by atoms with Crippen molar-refractivity contribution in [1.82, 2.24) is 9.55 Å². The second-order valence-electron chi connectivity index (χ2n) is 5.64. The molecule has 1 aliphatic rings. The summed E-state index contributed by atoms with van der Waals surface area (Å²) in [6, 6.07) is 10.3. The van der Waals surface area contributed by atoms with Gasteiger partial charge in [-0.2, -0.15) is 4.98 Å². The van der Waals surface area contributed by atoms with Crippen molar-refractivity contribution in [3.8, 4) is 11.3 Å². The molecule has 0 fully saturated rings. The van der Waals surface area contributed by atoms with E-state index in [-0.39, 0.29) is 0 Å². The Bertz CT molecular complexity index is 874. The van der Waals surface area contributed by atoms with E-state index in [4.69, 9.17) is 16.6 Å². The van der Waals surface area contributed by atoms with Gasteiger partial charge in [0, 0.05) is 18.5 Å². The molecule has 0 saturated heterocycles. The van der Waals surface area contributed by atoms with E-state index in [9.17, 15) is 0 Å². The van der Waals surface area contributed by atoms with E-state index in [2.05, 4.69) is 40.7 Å². The zero-order valence-corrected chi connectivity index (χ0v) is 12.7. The predicted octanol–water partition coefficient (Wildman–Crippen LogP) is 4.67. The zero-order chi connectivity index (χ0) is 14.4. The Balaban J connectivity index is 1.92. The molecule has 2 aromatic heterocycles. The van der Waals surface area contributed by atoms with Gasteiger partial charge in [-0.05, 0) is 25.8 Å².